The van der Waals surface area contributed by atoms with Gasteiger partial charge in [-0.3, -0.25) is 0 Å². The highest BCUT2D eigenvalue weighted by Crippen LogP contribution is 2.29. The number of pyridine rings is 1. The molecule has 8 nitrogen and oxygen atoms in total. The van der Waals surface area contributed by atoms with Crippen LogP contribution in [0.25, 0.3) is 10.3 Å². The molecule has 0 saturated heterocycles. The second-order valence-electron chi connectivity index (χ2n) is 8.20. The molecule has 1 saturated carbocycles. The zero-order valence-corrected chi connectivity index (χ0v) is 19.2. The molecule has 9 heteroatoms. The topological polar surface area (TPSA) is 105 Å². The molecule has 170 valence electrons. The van der Waals surface area contributed by atoms with E-state index in [4.69, 9.17) is 14.7 Å². The fourth-order valence-corrected chi connectivity index (χ4v) is 4.84. The minimum absolute atomic E-state index is 0.197. The first-order valence-corrected chi connectivity index (χ1v) is 11.9. The van der Waals surface area contributed by atoms with E-state index in [2.05, 4.69) is 32.7 Å². The number of benzene rings is 1. The molecule has 3 heterocycles. The van der Waals surface area contributed by atoms with Crippen molar-refractivity contribution in [1.29, 1.82) is 0 Å². The molecule has 3 N–H and O–H groups in total. The van der Waals surface area contributed by atoms with E-state index in [0.29, 0.717) is 29.2 Å². The monoisotopic (exact) mass is 462 g/mol. The zero-order valence-electron chi connectivity index (χ0n) is 18.4. The van der Waals surface area contributed by atoms with E-state index in [9.17, 15) is 5.11 Å². The zero-order chi connectivity index (χ0) is 22.6. The summed E-state index contributed by atoms with van der Waals surface area (Å²) in [7, 11) is 1.60. The Balaban J connectivity index is 1.41. The molecule has 0 atom stereocenters. The number of nitrogens with zero attached hydrogens (tertiary/aromatic N) is 4. The normalized spacial score (nSPS) is 18.2. The van der Waals surface area contributed by atoms with E-state index in [1.165, 1.54) is 16.9 Å². The van der Waals surface area contributed by atoms with E-state index in [1.807, 2.05) is 30.3 Å². The lowest BCUT2D eigenvalue weighted by molar-refractivity contribution is 0.126. The maximum absolute atomic E-state index is 9.81. The lowest BCUT2D eigenvalue weighted by Gasteiger charge is -2.26. The maximum atomic E-state index is 9.81. The number of hydrogen-bond donors (Lipinski definition) is 3. The van der Waals surface area contributed by atoms with Crippen molar-refractivity contribution in [3.8, 4) is 5.88 Å². The molecule has 0 radical (unpaired) electrons. The molecule has 1 aliphatic rings. The minimum atomic E-state index is -0.197. The number of methoxy groups -OCH3 is 1. The molecule has 1 fully saturated rings. The van der Waals surface area contributed by atoms with E-state index >= 15 is 0 Å². The summed E-state index contributed by atoms with van der Waals surface area (Å²) >= 11 is 1.45. The summed E-state index contributed by atoms with van der Waals surface area (Å²) < 4.78 is 5.22. The van der Waals surface area contributed by atoms with Crippen molar-refractivity contribution in [1.82, 2.24) is 19.9 Å². The average Bonchev–Trinajstić information content (AvgIpc) is 3.22. The van der Waals surface area contributed by atoms with Crippen LogP contribution in [0.5, 0.6) is 5.88 Å². The third kappa shape index (κ3) is 5.37. The fraction of sp³-hybridized carbons (Fsp3) is 0.333. The Morgan fingerprint density at radius 3 is 2.61 bits per heavy atom. The summed E-state index contributed by atoms with van der Waals surface area (Å²) in [6.45, 7) is 0. The highest BCUT2D eigenvalue weighted by atomic mass is 32.1. The molecular weight excluding hydrogens is 436 g/mol. The van der Waals surface area contributed by atoms with Gasteiger partial charge >= 0.3 is 0 Å². The smallest absolute Gasteiger partial charge is 0.225 e. The largest absolute Gasteiger partial charge is 0.481 e. The fourth-order valence-electron chi connectivity index (χ4n) is 4.00. The molecule has 1 aromatic carbocycles. The summed E-state index contributed by atoms with van der Waals surface area (Å²) in [5.41, 5.74) is 2.91. The maximum Gasteiger partial charge on any atom is 0.225 e. The molecule has 5 rings (SSSR count). The molecule has 0 amide bonds. The Bertz CT molecular complexity index is 1220. The van der Waals surface area contributed by atoms with Crippen molar-refractivity contribution >= 4 is 38.6 Å². The standard InChI is InChI=1S/C24H26N6O2S/c1-32-21-12-11-19-22(30-21)33-24(27-19)29-20-14-17(13-15-5-3-2-4-6-15)26-23(28-20)25-16-7-9-18(31)10-8-16/h2-6,11-12,14,16,18,31H,7-10,13H2,1H3,(H2,25,26,27,28,29). The molecule has 0 unspecified atom stereocenters. The highest BCUT2D eigenvalue weighted by molar-refractivity contribution is 7.21. The van der Waals surface area contributed by atoms with Gasteiger partial charge in [-0.05, 0) is 37.3 Å². The van der Waals surface area contributed by atoms with Gasteiger partial charge in [0.2, 0.25) is 11.8 Å². The number of aliphatic hydroxyl groups excluding tert-OH is 1. The summed E-state index contributed by atoms with van der Waals surface area (Å²) in [6.07, 6.45) is 3.91. The van der Waals surface area contributed by atoms with Gasteiger partial charge in [0, 0.05) is 24.6 Å². The molecule has 1 aliphatic carbocycles. The van der Waals surface area contributed by atoms with Gasteiger partial charge in [0.25, 0.3) is 0 Å². The van der Waals surface area contributed by atoms with Crippen molar-refractivity contribution in [2.45, 2.75) is 44.2 Å². The van der Waals surface area contributed by atoms with Crippen LogP contribution in [0.2, 0.25) is 0 Å². The predicted molar refractivity (Wildman–Crippen MR) is 130 cm³/mol. The van der Waals surface area contributed by atoms with E-state index in [0.717, 1.165) is 41.7 Å². The lowest BCUT2D eigenvalue weighted by Crippen LogP contribution is -2.29. The number of thiazole rings is 1. The van der Waals surface area contributed by atoms with Crippen LogP contribution in [-0.4, -0.2) is 44.3 Å². The van der Waals surface area contributed by atoms with Crippen molar-refractivity contribution in [2.75, 3.05) is 17.7 Å². The van der Waals surface area contributed by atoms with Gasteiger partial charge in [-0.1, -0.05) is 41.7 Å². The molecular formula is C24H26N6O2S. The van der Waals surface area contributed by atoms with Gasteiger partial charge in [-0.2, -0.15) is 4.98 Å². The Morgan fingerprint density at radius 1 is 1.00 bits per heavy atom. The van der Waals surface area contributed by atoms with Gasteiger partial charge < -0.3 is 20.5 Å². The second kappa shape index (κ2) is 9.68. The van der Waals surface area contributed by atoms with Gasteiger partial charge in [0.05, 0.1) is 18.9 Å². The molecule has 0 aliphatic heterocycles. The van der Waals surface area contributed by atoms with Crippen molar-refractivity contribution in [3.05, 3.63) is 59.8 Å². The first-order valence-electron chi connectivity index (χ1n) is 11.1. The van der Waals surface area contributed by atoms with Crippen molar-refractivity contribution in [3.63, 3.8) is 0 Å². The third-order valence-corrected chi connectivity index (χ3v) is 6.59. The first kappa shape index (κ1) is 21.5. The van der Waals surface area contributed by atoms with E-state index in [-0.39, 0.29) is 12.1 Å². The Labute approximate surface area is 196 Å². The molecule has 0 spiro atoms. The van der Waals surface area contributed by atoms with Crippen LogP contribution >= 0.6 is 11.3 Å². The number of hydrogen-bond acceptors (Lipinski definition) is 9. The number of aliphatic hydroxyl groups is 1. The van der Waals surface area contributed by atoms with Crippen LogP contribution in [0, 0.1) is 0 Å². The van der Waals surface area contributed by atoms with E-state index in [1.54, 1.807) is 13.2 Å². The SMILES string of the molecule is COc1ccc2nc(Nc3cc(Cc4ccccc4)nc(NC4CCC(O)CC4)n3)sc2n1. The summed E-state index contributed by atoms with van der Waals surface area (Å²) in [5, 5.41) is 17.3. The van der Waals surface area contributed by atoms with Gasteiger partial charge in [-0.15, -0.1) is 0 Å². The number of anilines is 3. The van der Waals surface area contributed by atoms with Gasteiger partial charge in [-0.25, -0.2) is 15.0 Å². The van der Waals surface area contributed by atoms with E-state index < -0.39 is 0 Å². The number of fused-ring (bicyclic) bond motifs is 1. The second-order valence-corrected chi connectivity index (χ2v) is 9.18. The number of aromatic nitrogens is 4. The molecule has 33 heavy (non-hydrogen) atoms. The Morgan fingerprint density at radius 2 is 1.82 bits per heavy atom. The van der Waals surface area contributed by atoms with Gasteiger partial charge in [0.1, 0.15) is 16.2 Å². The number of rotatable bonds is 7. The molecule has 0 bridgehead atoms. The first-order chi connectivity index (χ1) is 16.1. The number of nitrogens with one attached hydrogen (secondary N) is 2. The summed E-state index contributed by atoms with van der Waals surface area (Å²) in [5.74, 6) is 1.84. The van der Waals surface area contributed by atoms with Crippen LogP contribution in [0.3, 0.4) is 0 Å². The van der Waals surface area contributed by atoms with Crippen molar-refractivity contribution in [2.24, 2.45) is 0 Å². The average molecular weight is 463 g/mol. The molecule has 4 aromatic rings. The molecule has 3 aromatic heterocycles. The quantitative estimate of drug-likeness (QED) is 0.368. The van der Waals surface area contributed by atoms with Crippen LogP contribution < -0.4 is 15.4 Å². The number of ether oxygens (including phenoxy) is 1. The third-order valence-electron chi connectivity index (χ3n) is 5.71. The summed E-state index contributed by atoms with van der Waals surface area (Å²) in [6, 6.07) is 16.2. The van der Waals surface area contributed by atoms with Crippen molar-refractivity contribution < 1.29 is 9.84 Å². The Kier molecular flexibility index (Phi) is 6.32. The highest BCUT2D eigenvalue weighted by Gasteiger charge is 2.20. The predicted octanol–water partition coefficient (Wildman–Crippen LogP) is 4.54. The van der Waals surface area contributed by atoms with Gasteiger partial charge in [0.15, 0.2) is 5.13 Å². The lowest BCUT2D eigenvalue weighted by atomic mass is 9.93. The van der Waals surface area contributed by atoms with Crippen LogP contribution in [0.15, 0.2) is 48.5 Å². The summed E-state index contributed by atoms with van der Waals surface area (Å²) in [4.78, 5) is 19.4. The van der Waals surface area contributed by atoms with Crippen LogP contribution in [0.4, 0.5) is 16.9 Å². The minimum Gasteiger partial charge on any atom is -0.481 e. The van der Waals surface area contributed by atoms with Crippen LogP contribution in [-0.2, 0) is 6.42 Å². The van der Waals surface area contributed by atoms with Crippen LogP contribution in [0.1, 0.15) is 36.9 Å². The Hall–Kier alpha value is -3.30.